The van der Waals surface area contributed by atoms with Gasteiger partial charge in [-0.3, -0.25) is 9.59 Å². The summed E-state index contributed by atoms with van der Waals surface area (Å²) >= 11 is 0. The van der Waals surface area contributed by atoms with Crippen LogP contribution in [0.25, 0.3) is 17.3 Å². The lowest BCUT2D eigenvalue weighted by Gasteiger charge is -2.39. The standard InChI is InChI=1S/C33H43FN2O6SSi/c1-23(2)36-29(19-18-27(37)20-28(21-30(38)41-6)42-44(7,8)33(3,4)5)31(25-14-16-26(34)17-15-25)35-32(36)43(39,40)22-24-12-10-9-11-13-24/h9-19,23,28H,20-22H2,1-8H3/b19-18+/t28-/m1/s1. The van der Waals surface area contributed by atoms with Crippen LogP contribution in [0.4, 0.5) is 4.39 Å². The number of nitrogens with zero attached hydrogens (tertiary/aromatic N) is 2. The summed E-state index contributed by atoms with van der Waals surface area (Å²) in [6.45, 7) is 14.0. The van der Waals surface area contributed by atoms with Crippen LogP contribution in [0, 0.1) is 5.82 Å². The van der Waals surface area contributed by atoms with Gasteiger partial charge in [0.05, 0.1) is 36.8 Å². The molecule has 0 unspecified atom stereocenters. The lowest BCUT2D eigenvalue weighted by atomic mass is 10.1. The first kappa shape index (κ1) is 35.1. The summed E-state index contributed by atoms with van der Waals surface area (Å²) in [4.78, 5) is 30.1. The van der Waals surface area contributed by atoms with E-state index in [4.69, 9.17) is 9.16 Å². The summed E-state index contributed by atoms with van der Waals surface area (Å²) in [7, 11) is -4.96. The number of aromatic nitrogens is 2. The maximum Gasteiger partial charge on any atom is 0.308 e. The number of hydrogen-bond acceptors (Lipinski definition) is 7. The Bertz CT molecular complexity index is 1590. The minimum absolute atomic E-state index is 0.0705. The van der Waals surface area contributed by atoms with E-state index in [1.807, 2.05) is 33.0 Å². The Morgan fingerprint density at radius 3 is 2.18 bits per heavy atom. The van der Waals surface area contributed by atoms with E-state index in [2.05, 4.69) is 25.8 Å². The highest BCUT2D eigenvalue weighted by Crippen LogP contribution is 2.38. The highest BCUT2D eigenvalue weighted by molar-refractivity contribution is 7.90. The lowest BCUT2D eigenvalue weighted by Crippen LogP contribution is -2.44. The number of imidazole rings is 1. The van der Waals surface area contributed by atoms with Crippen LogP contribution >= 0.6 is 0 Å². The van der Waals surface area contributed by atoms with Crippen molar-refractivity contribution in [1.29, 1.82) is 0 Å². The molecule has 0 aliphatic rings. The second-order valence-electron chi connectivity index (χ2n) is 12.6. The first-order valence-corrected chi connectivity index (χ1v) is 19.1. The number of halogens is 1. The van der Waals surface area contributed by atoms with Crippen LogP contribution in [-0.4, -0.2) is 51.3 Å². The fourth-order valence-corrected chi connectivity index (χ4v) is 7.42. The molecule has 0 aliphatic heterocycles. The molecule has 8 nitrogen and oxygen atoms in total. The topological polar surface area (TPSA) is 105 Å². The molecular formula is C33H43FN2O6SSi. The fraction of sp³-hybridized carbons (Fsp3) is 0.424. The van der Waals surface area contributed by atoms with Crippen molar-refractivity contribution in [2.24, 2.45) is 0 Å². The third kappa shape index (κ3) is 8.83. The largest absolute Gasteiger partial charge is 0.469 e. The van der Waals surface area contributed by atoms with Crippen molar-refractivity contribution < 1.29 is 31.6 Å². The van der Waals surface area contributed by atoms with Gasteiger partial charge in [0.25, 0.3) is 0 Å². The molecule has 0 radical (unpaired) electrons. The molecule has 0 aliphatic carbocycles. The maximum absolute atomic E-state index is 13.8. The summed E-state index contributed by atoms with van der Waals surface area (Å²) in [5, 5.41) is -0.289. The van der Waals surface area contributed by atoms with Crippen LogP contribution in [-0.2, 0) is 34.3 Å². The van der Waals surface area contributed by atoms with Gasteiger partial charge in [-0.1, -0.05) is 51.1 Å². The second-order valence-corrected chi connectivity index (χ2v) is 19.3. The van der Waals surface area contributed by atoms with Crippen molar-refractivity contribution in [3.63, 3.8) is 0 Å². The Labute approximate surface area is 261 Å². The molecule has 1 aromatic heterocycles. The van der Waals surface area contributed by atoms with Gasteiger partial charge in [0.15, 0.2) is 14.1 Å². The van der Waals surface area contributed by atoms with Crippen LogP contribution in [0.15, 0.2) is 65.8 Å². The quantitative estimate of drug-likeness (QED) is 0.111. The van der Waals surface area contributed by atoms with Gasteiger partial charge in [-0.05, 0) is 74.0 Å². The van der Waals surface area contributed by atoms with E-state index in [1.165, 1.54) is 43.5 Å². The van der Waals surface area contributed by atoms with Crippen molar-refractivity contribution in [1.82, 2.24) is 9.55 Å². The zero-order valence-electron chi connectivity index (χ0n) is 26.8. The third-order valence-corrected chi connectivity index (χ3v) is 13.9. The van der Waals surface area contributed by atoms with Gasteiger partial charge in [-0.15, -0.1) is 0 Å². The van der Waals surface area contributed by atoms with E-state index in [-0.39, 0.29) is 40.6 Å². The number of carbonyl (C=O) groups excluding carboxylic acids is 2. The van der Waals surface area contributed by atoms with E-state index in [0.717, 1.165) is 0 Å². The molecule has 3 rings (SSSR count). The SMILES string of the molecule is COC(=O)C[C@@H](CC(=O)/C=C/c1c(-c2ccc(F)cc2)nc(S(=O)(=O)Cc2ccccc2)n1C(C)C)O[Si](C)(C)C(C)(C)C. The van der Waals surface area contributed by atoms with Gasteiger partial charge in [-0.2, -0.15) is 0 Å². The molecule has 0 fully saturated rings. The maximum atomic E-state index is 13.8. The van der Waals surface area contributed by atoms with Gasteiger partial charge in [-0.25, -0.2) is 17.8 Å². The smallest absolute Gasteiger partial charge is 0.308 e. The van der Waals surface area contributed by atoms with Gasteiger partial charge in [0, 0.05) is 18.0 Å². The Kier molecular flexibility index (Phi) is 11.3. The minimum atomic E-state index is -3.92. The molecule has 0 spiro atoms. The zero-order valence-corrected chi connectivity index (χ0v) is 28.6. The van der Waals surface area contributed by atoms with E-state index in [9.17, 15) is 22.4 Å². The average Bonchev–Trinajstić information content (AvgIpc) is 3.32. The molecule has 238 valence electrons. The Morgan fingerprint density at radius 1 is 1.02 bits per heavy atom. The van der Waals surface area contributed by atoms with E-state index < -0.39 is 36.0 Å². The highest BCUT2D eigenvalue weighted by Gasteiger charge is 2.40. The molecule has 0 saturated carbocycles. The second kappa shape index (κ2) is 14.1. The van der Waals surface area contributed by atoms with Gasteiger partial charge in [0.2, 0.25) is 15.0 Å². The number of methoxy groups -OCH3 is 1. The van der Waals surface area contributed by atoms with Crippen molar-refractivity contribution in [3.05, 3.63) is 77.7 Å². The number of carbonyl (C=O) groups is 2. The number of benzene rings is 2. The first-order valence-electron chi connectivity index (χ1n) is 14.6. The van der Waals surface area contributed by atoms with Crippen LogP contribution in [0.5, 0.6) is 0 Å². The number of ether oxygens (including phenoxy) is 1. The number of allylic oxidation sites excluding steroid dienone is 1. The zero-order chi connectivity index (χ0) is 32.9. The van der Waals surface area contributed by atoms with Crippen molar-refractivity contribution in [3.8, 4) is 11.3 Å². The molecule has 3 aromatic rings. The van der Waals surface area contributed by atoms with Crippen molar-refractivity contribution >= 4 is 36.0 Å². The molecular weight excluding hydrogens is 600 g/mol. The van der Waals surface area contributed by atoms with Crippen LogP contribution in [0.1, 0.15) is 64.8 Å². The molecule has 0 bridgehead atoms. The number of rotatable bonds is 13. The van der Waals surface area contributed by atoms with Gasteiger partial charge >= 0.3 is 5.97 Å². The van der Waals surface area contributed by atoms with Gasteiger partial charge in [0.1, 0.15) is 5.82 Å². The van der Waals surface area contributed by atoms with Crippen LogP contribution in [0.2, 0.25) is 18.1 Å². The summed E-state index contributed by atoms with van der Waals surface area (Å²) in [5.74, 6) is -1.49. The molecule has 11 heteroatoms. The average molecular weight is 643 g/mol. The Balaban J connectivity index is 2.07. The van der Waals surface area contributed by atoms with Gasteiger partial charge < -0.3 is 13.7 Å². The number of ketones is 1. The number of esters is 1. The molecule has 2 aromatic carbocycles. The van der Waals surface area contributed by atoms with E-state index >= 15 is 0 Å². The molecule has 1 atom stereocenters. The molecule has 0 N–H and O–H groups in total. The normalized spacial score (nSPS) is 13.4. The monoisotopic (exact) mass is 642 g/mol. The van der Waals surface area contributed by atoms with Crippen molar-refractivity contribution in [2.45, 2.75) is 88.6 Å². The highest BCUT2D eigenvalue weighted by atomic mass is 32.2. The Morgan fingerprint density at radius 2 is 1.64 bits per heavy atom. The van der Waals surface area contributed by atoms with Crippen LogP contribution < -0.4 is 0 Å². The van der Waals surface area contributed by atoms with E-state index in [0.29, 0.717) is 22.5 Å². The summed E-state index contributed by atoms with van der Waals surface area (Å²) < 4.78 is 54.1. The molecule has 0 saturated heterocycles. The minimum Gasteiger partial charge on any atom is -0.469 e. The molecule has 1 heterocycles. The molecule has 44 heavy (non-hydrogen) atoms. The first-order chi connectivity index (χ1) is 20.4. The number of sulfone groups is 1. The predicted molar refractivity (Wildman–Crippen MR) is 173 cm³/mol. The van der Waals surface area contributed by atoms with Crippen molar-refractivity contribution in [2.75, 3.05) is 7.11 Å². The summed E-state index contributed by atoms with van der Waals surface area (Å²) in [6.07, 6.45) is 2.06. The van der Waals surface area contributed by atoms with E-state index in [1.54, 1.807) is 28.8 Å². The predicted octanol–water partition coefficient (Wildman–Crippen LogP) is 7.17. The molecule has 0 amide bonds. The van der Waals surface area contributed by atoms with Crippen LogP contribution in [0.3, 0.4) is 0 Å². The fourth-order valence-electron chi connectivity index (χ4n) is 4.46. The third-order valence-electron chi connectivity index (χ3n) is 7.77. The lowest BCUT2D eigenvalue weighted by molar-refractivity contribution is -0.142. The summed E-state index contributed by atoms with van der Waals surface area (Å²) in [5.41, 5.74) is 1.80. The summed E-state index contributed by atoms with van der Waals surface area (Å²) in [6, 6.07) is 14.1. The Hall–Kier alpha value is -3.41. The number of hydrogen-bond donors (Lipinski definition) is 0.